The maximum atomic E-state index is 14.0. The molecule has 56 heavy (non-hydrogen) atoms. The minimum Gasteiger partial charge on any atom is -0.457 e. The van der Waals surface area contributed by atoms with Gasteiger partial charge in [0.1, 0.15) is 13.2 Å². The Morgan fingerprint density at radius 3 is 1.11 bits per heavy atom. The Kier molecular flexibility index (Phi) is 11.6. The van der Waals surface area contributed by atoms with Gasteiger partial charge in [-0.25, -0.2) is 53.5 Å². The van der Waals surface area contributed by atoms with E-state index in [1.54, 1.807) is 36.4 Å². The second kappa shape index (κ2) is 16.6. The number of hydrogen-bond donors (Lipinski definition) is 0. The van der Waals surface area contributed by atoms with E-state index in [0.717, 1.165) is 9.75 Å². The highest BCUT2D eigenvalue weighted by molar-refractivity contribution is 7.22. The molecule has 6 rings (SSSR count). The van der Waals surface area contributed by atoms with Crippen molar-refractivity contribution in [2.24, 2.45) is 0 Å². The van der Waals surface area contributed by atoms with Crippen molar-refractivity contribution in [3.8, 4) is 33.4 Å². The summed E-state index contributed by atoms with van der Waals surface area (Å²) in [6, 6.07) is 18.5. The van der Waals surface area contributed by atoms with E-state index in [0.29, 0.717) is 9.75 Å². The Hall–Kier alpha value is -6.36. The molecule has 0 aliphatic rings. The summed E-state index contributed by atoms with van der Waals surface area (Å²) in [7, 11) is 0. The lowest BCUT2D eigenvalue weighted by Crippen LogP contribution is -2.12. The van der Waals surface area contributed by atoms with Crippen LogP contribution in [-0.2, 0) is 22.7 Å². The van der Waals surface area contributed by atoms with Crippen molar-refractivity contribution >= 4 is 34.6 Å². The zero-order valence-corrected chi connectivity index (χ0v) is 29.2. The molecule has 0 fully saturated rings. The third-order valence-corrected chi connectivity index (χ3v) is 9.88. The lowest BCUT2D eigenvalue weighted by atomic mass is 10.1. The Morgan fingerprint density at radius 1 is 0.429 bits per heavy atom. The van der Waals surface area contributed by atoms with Gasteiger partial charge < -0.3 is 9.47 Å². The number of carbonyl (C=O) groups is 2. The normalized spacial score (nSPS) is 10.7. The van der Waals surface area contributed by atoms with E-state index in [-0.39, 0.29) is 22.3 Å². The standard InChI is InChI=1S/C40H16F10O4S2/c41-29-25(30(42)34(46)37(49)33(29)45)17-53-39(51)23-7-3-1-5-19(23)9-11-21-13-15-27(55-21)28-16-14-22(56-28)12-10-20-6-2-4-8-24(20)40(52)54-18-26-31(43)35(47)38(50)36(48)32(26)44/h1-8,13-16H,17-18H2. The molecule has 0 amide bonds. The van der Waals surface area contributed by atoms with Crippen LogP contribution in [0.1, 0.15) is 52.7 Å². The van der Waals surface area contributed by atoms with Crippen molar-refractivity contribution in [2.45, 2.75) is 13.2 Å². The number of esters is 2. The molecule has 0 atom stereocenters. The molecular weight excluding hydrogens is 799 g/mol. The monoisotopic (exact) mass is 814 g/mol. The smallest absolute Gasteiger partial charge is 0.339 e. The highest BCUT2D eigenvalue weighted by atomic mass is 32.1. The van der Waals surface area contributed by atoms with Crippen LogP contribution in [0.25, 0.3) is 9.75 Å². The summed E-state index contributed by atoms with van der Waals surface area (Å²) < 4.78 is 147. The van der Waals surface area contributed by atoms with Gasteiger partial charge in [0.25, 0.3) is 0 Å². The first-order valence-electron chi connectivity index (χ1n) is 15.5. The Labute approximate surface area is 317 Å². The van der Waals surface area contributed by atoms with Crippen molar-refractivity contribution < 1.29 is 63.0 Å². The molecule has 6 aromatic rings. The molecule has 0 radical (unpaired) electrons. The van der Waals surface area contributed by atoms with Gasteiger partial charge in [-0.3, -0.25) is 0 Å². The summed E-state index contributed by atoms with van der Waals surface area (Å²) in [5, 5.41) is 0. The summed E-state index contributed by atoms with van der Waals surface area (Å²) in [6.45, 7) is -2.47. The lowest BCUT2D eigenvalue weighted by molar-refractivity contribution is 0.0452. The van der Waals surface area contributed by atoms with Crippen LogP contribution < -0.4 is 0 Å². The van der Waals surface area contributed by atoms with Gasteiger partial charge in [-0.2, -0.15) is 0 Å². The van der Waals surface area contributed by atoms with Crippen LogP contribution in [0.15, 0.2) is 72.8 Å². The molecule has 2 aromatic heterocycles. The quantitative estimate of drug-likeness (QED) is 0.0530. The predicted octanol–water partition coefficient (Wildman–Crippen LogP) is 10.4. The summed E-state index contributed by atoms with van der Waals surface area (Å²) in [4.78, 5) is 28.2. The van der Waals surface area contributed by atoms with E-state index in [2.05, 4.69) is 23.7 Å². The SMILES string of the molecule is O=C(OCc1c(F)c(F)c(F)c(F)c1F)c1ccccc1C#Cc1ccc(-c2ccc(C#Cc3ccccc3C(=O)OCc3c(F)c(F)c(F)c(F)c3F)s2)s1. The Balaban J connectivity index is 1.13. The first-order chi connectivity index (χ1) is 26.8. The second-order valence-electron chi connectivity index (χ2n) is 11.2. The van der Waals surface area contributed by atoms with Crippen molar-refractivity contribution in [3.63, 3.8) is 0 Å². The third-order valence-electron chi connectivity index (χ3n) is 7.69. The first-order valence-corrected chi connectivity index (χ1v) is 17.2. The fourth-order valence-electron chi connectivity index (χ4n) is 4.86. The Morgan fingerprint density at radius 2 is 0.750 bits per heavy atom. The number of benzene rings is 4. The maximum absolute atomic E-state index is 14.0. The molecule has 0 spiro atoms. The van der Waals surface area contributed by atoms with Crippen LogP contribution in [0.4, 0.5) is 43.9 Å². The van der Waals surface area contributed by atoms with Gasteiger partial charge in [0.15, 0.2) is 46.5 Å². The molecule has 16 heteroatoms. The molecule has 0 aliphatic heterocycles. The molecule has 282 valence electrons. The molecule has 4 nitrogen and oxygen atoms in total. The van der Waals surface area contributed by atoms with E-state index < -0.39 is 94.5 Å². The topological polar surface area (TPSA) is 52.6 Å². The fourth-order valence-corrected chi connectivity index (χ4v) is 6.67. The van der Waals surface area contributed by atoms with Gasteiger partial charge >= 0.3 is 11.9 Å². The highest BCUT2D eigenvalue weighted by Gasteiger charge is 2.28. The van der Waals surface area contributed by atoms with Crippen LogP contribution in [0.2, 0.25) is 0 Å². The van der Waals surface area contributed by atoms with Crippen molar-refractivity contribution in [2.75, 3.05) is 0 Å². The molecule has 2 heterocycles. The van der Waals surface area contributed by atoms with E-state index in [1.807, 2.05) is 0 Å². The minimum absolute atomic E-state index is 0.126. The largest absolute Gasteiger partial charge is 0.457 e. The van der Waals surface area contributed by atoms with Gasteiger partial charge in [-0.1, -0.05) is 47.9 Å². The van der Waals surface area contributed by atoms with Crippen LogP contribution in [0, 0.1) is 81.9 Å². The van der Waals surface area contributed by atoms with Gasteiger partial charge in [0.05, 0.1) is 32.0 Å². The molecule has 0 saturated heterocycles. The van der Waals surface area contributed by atoms with E-state index in [4.69, 9.17) is 9.47 Å². The Bertz CT molecular complexity index is 2440. The molecule has 0 aliphatic carbocycles. The fraction of sp³-hybridized carbons (Fsp3) is 0.0500. The zero-order valence-electron chi connectivity index (χ0n) is 27.6. The van der Waals surface area contributed by atoms with E-state index in [1.165, 1.54) is 59.1 Å². The molecule has 0 unspecified atom stereocenters. The first kappa shape index (κ1) is 39.3. The van der Waals surface area contributed by atoms with Gasteiger partial charge in [0, 0.05) is 20.9 Å². The molecule has 0 bridgehead atoms. The average molecular weight is 815 g/mol. The molecule has 4 aromatic carbocycles. The number of rotatable bonds is 7. The minimum atomic E-state index is -2.34. The molecular formula is C40H16F10O4S2. The summed E-state index contributed by atoms with van der Waals surface area (Å²) in [6.07, 6.45) is 0. The number of thiophene rings is 2. The van der Waals surface area contributed by atoms with Crippen molar-refractivity contribution in [1.82, 2.24) is 0 Å². The number of hydrogen-bond acceptors (Lipinski definition) is 6. The summed E-state index contributed by atoms with van der Waals surface area (Å²) in [5.74, 6) is -12.7. The zero-order chi connectivity index (χ0) is 40.3. The predicted molar refractivity (Wildman–Crippen MR) is 183 cm³/mol. The van der Waals surface area contributed by atoms with Crippen molar-refractivity contribution in [1.29, 1.82) is 0 Å². The summed E-state index contributed by atoms with van der Waals surface area (Å²) in [5.41, 5.74) is -2.57. The van der Waals surface area contributed by atoms with Crippen LogP contribution in [0.5, 0.6) is 0 Å². The highest BCUT2D eigenvalue weighted by Crippen LogP contribution is 2.33. The van der Waals surface area contributed by atoms with E-state index >= 15 is 0 Å². The van der Waals surface area contributed by atoms with Gasteiger partial charge in [-0.05, 0) is 48.5 Å². The van der Waals surface area contributed by atoms with Crippen molar-refractivity contribution in [3.05, 3.63) is 174 Å². The maximum Gasteiger partial charge on any atom is 0.339 e. The number of carbonyl (C=O) groups excluding carboxylic acids is 2. The van der Waals surface area contributed by atoms with Crippen LogP contribution in [0.3, 0.4) is 0 Å². The number of ether oxygens (including phenoxy) is 2. The number of halogens is 10. The van der Waals surface area contributed by atoms with Crippen LogP contribution >= 0.6 is 22.7 Å². The lowest BCUT2D eigenvalue weighted by Gasteiger charge is -2.10. The second-order valence-corrected chi connectivity index (χ2v) is 13.3. The summed E-state index contributed by atoms with van der Waals surface area (Å²) >= 11 is 2.56. The third kappa shape index (κ3) is 8.02. The van der Waals surface area contributed by atoms with Crippen LogP contribution in [-0.4, -0.2) is 11.9 Å². The van der Waals surface area contributed by atoms with E-state index in [9.17, 15) is 53.5 Å². The molecule has 0 saturated carbocycles. The average Bonchev–Trinajstić information content (AvgIpc) is 3.89. The van der Waals surface area contributed by atoms with Gasteiger partial charge in [-0.15, -0.1) is 22.7 Å². The molecule has 0 N–H and O–H groups in total. The van der Waals surface area contributed by atoms with Gasteiger partial charge in [0.2, 0.25) is 11.6 Å².